The van der Waals surface area contributed by atoms with Gasteiger partial charge in [0.1, 0.15) is 29.6 Å². The smallest absolute Gasteiger partial charge is 0.460 e. The molecule has 0 aliphatic carbocycles. The van der Waals surface area contributed by atoms with E-state index in [0.29, 0.717) is 10.8 Å². The molecule has 1 aromatic carbocycles. The van der Waals surface area contributed by atoms with Crippen LogP contribution in [0, 0.1) is 5.82 Å². The highest BCUT2D eigenvalue weighted by atomic mass is 31.2. The standard InChI is InChI=1S/C24H32F2N3O9P/c1-13(2)35-20(32)14(3)28-39(34,37-15-10-8-7-9-11-15)38-23(4,5)18-17(30)24(6,26)21(36-18)29-12-16(25)19(31)27-22(29)33/h7-14,17-18,21,30H,1-6H3,(H,28,34)(H,27,31,33)/t14-,17?,18-,21+,24+,39-/m0/s1. The molecule has 12 nitrogen and oxygen atoms in total. The molecule has 0 bridgehead atoms. The van der Waals surface area contributed by atoms with Crippen molar-refractivity contribution < 1.29 is 41.8 Å². The number of H-pyrrole nitrogens is 1. The molecule has 3 N–H and O–H groups in total. The van der Waals surface area contributed by atoms with Gasteiger partial charge in [-0.1, -0.05) is 18.2 Å². The van der Waals surface area contributed by atoms with E-state index in [-0.39, 0.29) is 5.75 Å². The number of para-hydroxylation sites is 1. The molecular formula is C24H32F2N3O9P. The second kappa shape index (κ2) is 11.3. The average molecular weight is 576 g/mol. The molecule has 0 radical (unpaired) electrons. The molecule has 3 rings (SSSR count). The first kappa shape index (κ1) is 30.6. The Kier molecular flexibility index (Phi) is 8.88. The molecule has 0 spiro atoms. The lowest BCUT2D eigenvalue weighted by Crippen LogP contribution is -2.50. The zero-order valence-electron chi connectivity index (χ0n) is 22.2. The number of alkyl halides is 1. The summed E-state index contributed by atoms with van der Waals surface area (Å²) in [4.78, 5) is 37.8. The summed E-state index contributed by atoms with van der Waals surface area (Å²) in [5.41, 5.74) is -7.01. The number of carbonyl (C=O) groups is 1. The molecule has 0 amide bonds. The van der Waals surface area contributed by atoms with Crippen molar-refractivity contribution in [2.45, 2.75) is 83.4 Å². The van der Waals surface area contributed by atoms with Gasteiger partial charge in [0.25, 0.3) is 5.56 Å². The van der Waals surface area contributed by atoms with Crippen LogP contribution < -0.4 is 20.9 Å². The summed E-state index contributed by atoms with van der Waals surface area (Å²) < 4.78 is 66.3. The van der Waals surface area contributed by atoms with E-state index in [0.717, 1.165) is 6.92 Å². The van der Waals surface area contributed by atoms with Crippen LogP contribution in [-0.4, -0.2) is 56.3 Å². The largest absolute Gasteiger partial charge is 0.462 e. The number of rotatable bonds is 10. The van der Waals surface area contributed by atoms with Gasteiger partial charge < -0.3 is 19.1 Å². The Bertz CT molecular complexity index is 1350. The second-order valence-electron chi connectivity index (χ2n) is 10.1. The van der Waals surface area contributed by atoms with Crippen molar-refractivity contribution in [1.29, 1.82) is 0 Å². The fourth-order valence-corrected chi connectivity index (χ4v) is 5.83. The molecule has 1 fully saturated rings. The predicted octanol–water partition coefficient (Wildman–Crippen LogP) is 2.57. The number of esters is 1. The van der Waals surface area contributed by atoms with Gasteiger partial charge in [0.2, 0.25) is 5.82 Å². The molecule has 1 aliphatic rings. The Balaban J connectivity index is 1.94. The van der Waals surface area contributed by atoms with E-state index >= 15 is 4.39 Å². The Labute approximate surface area is 222 Å². The van der Waals surface area contributed by atoms with Gasteiger partial charge in [0, 0.05) is 0 Å². The molecule has 1 saturated heterocycles. The van der Waals surface area contributed by atoms with Crippen LogP contribution in [0.2, 0.25) is 0 Å². The first-order valence-corrected chi connectivity index (χ1v) is 13.6. The normalized spacial score (nSPS) is 25.7. The number of nitrogens with one attached hydrogen (secondary N) is 2. The summed E-state index contributed by atoms with van der Waals surface area (Å²) >= 11 is 0. The lowest BCUT2D eigenvalue weighted by Gasteiger charge is -2.36. The maximum Gasteiger partial charge on any atom is 0.460 e. The summed E-state index contributed by atoms with van der Waals surface area (Å²) in [6, 6.07) is 6.67. The molecule has 0 saturated carbocycles. The number of aromatic nitrogens is 2. The van der Waals surface area contributed by atoms with E-state index in [9.17, 15) is 28.4 Å². The zero-order chi connectivity index (χ0) is 29.3. The highest BCUT2D eigenvalue weighted by Crippen LogP contribution is 2.53. The topological polar surface area (TPSA) is 158 Å². The maximum absolute atomic E-state index is 15.8. The molecule has 2 aromatic rings. The van der Waals surface area contributed by atoms with Gasteiger partial charge in [-0.25, -0.2) is 13.8 Å². The van der Waals surface area contributed by atoms with E-state index in [2.05, 4.69) is 5.09 Å². The van der Waals surface area contributed by atoms with Crippen LogP contribution in [0.3, 0.4) is 0 Å². The average Bonchev–Trinajstić information content (AvgIpc) is 3.05. The summed E-state index contributed by atoms with van der Waals surface area (Å²) in [5, 5.41) is 13.4. The monoisotopic (exact) mass is 575 g/mol. The summed E-state index contributed by atoms with van der Waals surface area (Å²) in [5.74, 6) is -2.03. The van der Waals surface area contributed by atoms with Crippen LogP contribution in [0.1, 0.15) is 47.8 Å². The number of hydrogen-bond donors (Lipinski definition) is 3. The lowest BCUT2D eigenvalue weighted by atomic mass is 9.90. The number of carbonyl (C=O) groups excluding carboxylic acids is 1. The van der Waals surface area contributed by atoms with Gasteiger partial charge in [-0.2, -0.15) is 9.48 Å². The highest BCUT2D eigenvalue weighted by Gasteiger charge is 2.61. The number of aliphatic hydroxyl groups is 1. The van der Waals surface area contributed by atoms with Crippen LogP contribution in [0.4, 0.5) is 8.78 Å². The van der Waals surface area contributed by atoms with Gasteiger partial charge in [0.15, 0.2) is 11.9 Å². The fourth-order valence-electron chi connectivity index (χ4n) is 3.98. The van der Waals surface area contributed by atoms with Crippen molar-refractivity contribution >= 4 is 13.7 Å². The van der Waals surface area contributed by atoms with E-state index in [1.54, 1.807) is 37.0 Å². The highest BCUT2D eigenvalue weighted by molar-refractivity contribution is 7.52. The first-order valence-electron chi connectivity index (χ1n) is 12.0. The Morgan fingerprint density at radius 1 is 1.26 bits per heavy atom. The molecule has 39 heavy (non-hydrogen) atoms. The number of benzene rings is 1. The van der Waals surface area contributed by atoms with Gasteiger partial charge in [-0.3, -0.25) is 23.7 Å². The van der Waals surface area contributed by atoms with Crippen LogP contribution in [-0.2, 0) is 23.4 Å². The number of aliphatic hydroxyl groups excluding tert-OH is 1. The minimum Gasteiger partial charge on any atom is -0.462 e. The fraction of sp³-hybridized carbons (Fsp3) is 0.542. The molecule has 216 valence electrons. The Morgan fingerprint density at radius 2 is 1.87 bits per heavy atom. The third-order valence-electron chi connectivity index (χ3n) is 5.87. The Morgan fingerprint density at radius 3 is 2.46 bits per heavy atom. The minimum atomic E-state index is -4.49. The zero-order valence-corrected chi connectivity index (χ0v) is 23.1. The van der Waals surface area contributed by atoms with Crippen molar-refractivity contribution in [3.05, 3.63) is 63.2 Å². The number of halogens is 2. The first-order chi connectivity index (χ1) is 18.0. The van der Waals surface area contributed by atoms with E-state index in [1.807, 2.05) is 0 Å². The van der Waals surface area contributed by atoms with E-state index < -0.39 is 72.6 Å². The van der Waals surface area contributed by atoms with Gasteiger partial charge >= 0.3 is 19.4 Å². The van der Waals surface area contributed by atoms with Gasteiger partial charge in [0.05, 0.1) is 12.3 Å². The van der Waals surface area contributed by atoms with Gasteiger partial charge in [-0.05, 0) is 53.7 Å². The summed E-state index contributed by atoms with van der Waals surface area (Å²) in [7, 11) is -4.49. The lowest BCUT2D eigenvalue weighted by molar-refractivity contribution is -0.149. The summed E-state index contributed by atoms with van der Waals surface area (Å²) in [6.07, 6.45) is -5.50. The molecule has 1 aliphatic heterocycles. The molecule has 6 atom stereocenters. The second-order valence-corrected chi connectivity index (χ2v) is 11.7. The van der Waals surface area contributed by atoms with Crippen LogP contribution >= 0.6 is 7.75 Å². The third-order valence-corrected chi connectivity index (χ3v) is 7.73. The van der Waals surface area contributed by atoms with E-state index in [1.165, 1.54) is 32.9 Å². The number of aromatic amines is 1. The maximum atomic E-state index is 15.8. The summed E-state index contributed by atoms with van der Waals surface area (Å²) in [6.45, 7) is 8.18. The number of hydrogen-bond acceptors (Lipinski definition) is 9. The molecule has 1 unspecified atom stereocenters. The number of nitrogens with zero attached hydrogens (tertiary/aromatic N) is 1. The quantitative estimate of drug-likeness (QED) is 0.284. The van der Waals surface area contributed by atoms with E-state index in [4.69, 9.17) is 18.5 Å². The van der Waals surface area contributed by atoms with Crippen molar-refractivity contribution in [3.8, 4) is 5.75 Å². The van der Waals surface area contributed by atoms with Crippen LogP contribution in [0.5, 0.6) is 5.75 Å². The molecule has 2 heterocycles. The van der Waals surface area contributed by atoms with Crippen molar-refractivity contribution in [3.63, 3.8) is 0 Å². The van der Waals surface area contributed by atoms with Gasteiger partial charge in [-0.15, -0.1) is 0 Å². The van der Waals surface area contributed by atoms with Crippen molar-refractivity contribution in [2.24, 2.45) is 0 Å². The molecular weight excluding hydrogens is 543 g/mol. The van der Waals surface area contributed by atoms with Crippen molar-refractivity contribution in [2.75, 3.05) is 0 Å². The van der Waals surface area contributed by atoms with Crippen LogP contribution in [0.15, 0.2) is 46.1 Å². The SMILES string of the molecule is CC(C)OC(=O)[C@H](C)N[P@](=O)(Oc1ccccc1)OC(C)(C)[C@H]1O[C@@H](n2cc(F)c(=O)[nH]c2=O)[C@](C)(F)C1O. The molecule has 1 aromatic heterocycles. The van der Waals surface area contributed by atoms with Crippen LogP contribution in [0.25, 0.3) is 0 Å². The number of ether oxygens (including phenoxy) is 2. The molecule has 15 heteroatoms. The third kappa shape index (κ3) is 6.82. The Hall–Kier alpha value is -2.90. The predicted molar refractivity (Wildman–Crippen MR) is 134 cm³/mol. The van der Waals surface area contributed by atoms with Crippen molar-refractivity contribution in [1.82, 2.24) is 14.6 Å². The minimum absolute atomic E-state index is 0.102.